The van der Waals surface area contributed by atoms with Gasteiger partial charge < -0.3 is 20.1 Å². The molecule has 0 amide bonds. The summed E-state index contributed by atoms with van der Waals surface area (Å²) in [4.78, 5) is 11.2. The van der Waals surface area contributed by atoms with Crippen LogP contribution >= 0.6 is 24.0 Å². The Hall–Kier alpha value is -2.29. The Balaban J connectivity index is 0.00000225. The van der Waals surface area contributed by atoms with E-state index >= 15 is 0 Å². The normalized spacial score (nSPS) is 16.8. The summed E-state index contributed by atoms with van der Waals surface area (Å²) in [5.74, 6) is 0.860. The number of rotatable bonds is 5. The fourth-order valence-electron chi connectivity index (χ4n) is 3.62. The standard InChI is InChI=1S/C21H26N6.HI/c1-22-21(23-12-14-27-16-24-19-9-5-6-10-20(19)27)25-17-11-13-26(15-17)18-7-3-2-4-8-18;/h2-10,16-17H,11-15H2,1H3,(H2,22,23,25);1H. The van der Waals surface area contributed by atoms with Crippen LogP contribution in [0.25, 0.3) is 11.0 Å². The Labute approximate surface area is 183 Å². The summed E-state index contributed by atoms with van der Waals surface area (Å²) < 4.78 is 2.17. The molecule has 7 heteroatoms. The van der Waals surface area contributed by atoms with Crippen molar-refractivity contribution in [1.29, 1.82) is 0 Å². The van der Waals surface area contributed by atoms with Gasteiger partial charge in [-0.1, -0.05) is 30.3 Å². The second-order valence-corrected chi connectivity index (χ2v) is 6.84. The molecule has 0 aliphatic carbocycles. The van der Waals surface area contributed by atoms with E-state index in [2.05, 4.69) is 66.5 Å². The molecule has 0 spiro atoms. The Morgan fingerprint density at radius 2 is 1.93 bits per heavy atom. The van der Waals surface area contributed by atoms with Crippen molar-refractivity contribution in [3.05, 3.63) is 60.9 Å². The van der Waals surface area contributed by atoms with Crippen LogP contribution in [0.5, 0.6) is 0 Å². The van der Waals surface area contributed by atoms with Crippen LogP contribution in [0.3, 0.4) is 0 Å². The number of nitrogens with zero attached hydrogens (tertiary/aromatic N) is 4. The van der Waals surface area contributed by atoms with Gasteiger partial charge in [0.05, 0.1) is 17.4 Å². The Kier molecular flexibility index (Phi) is 7.13. The molecule has 0 radical (unpaired) electrons. The van der Waals surface area contributed by atoms with E-state index in [0.717, 1.165) is 49.6 Å². The minimum atomic E-state index is 0. The highest BCUT2D eigenvalue weighted by Crippen LogP contribution is 2.19. The SMILES string of the molecule is CN=C(NCCn1cnc2ccccc21)NC1CCN(c2ccccc2)C1.I. The van der Waals surface area contributed by atoms with E-state index in [1.165, 1.54) is 5.69 Å². The third kappa shape index (κ3) is 4.76. The molecule has 2 heterocycles. The molecule has 1 fully saturated rings. The Bertz CT molecular complexity index is 907. The van der Waals surface area contributed by atoms with Crippen molar-refractivity contribution in [1.82, 2.24) is 20.2 Å². The Morgan fingerprint density at radius 1 is 1.14 bits per heavy atom. The summed E-state index contributed by atoms with van der Waals surface area (Å²) in [5, 5.41) is 6.98. The number of para-hydroxylation sites is 3. The minimum Gasteiger partial charge on any atom is -0.369 e. The van der Waals surface area contributed by atoms with Crippen LogP contribution in [0.2, 0.25) is 0 Å². The number of hydrogen-bond acceptors (Lipinski definition) is 3. The van der Waals surface area contributed by atoms with Crippen molar-refractivity contribution in [3.8, 4) is 0 Å². The van der Waals surface area contributed by atoms with Gasteiger partial charge in [0.2, 0.25) is 0 Å². The highest BCUT2D eigenvalue weighted by Gasteiger charge is 2.23. The highest BCUT2D eigenvalue weighted by molar-refractivity contribution is 14.0. The summed E-state index contributed by atoms with van der Waals surface area (Å²) in [6, 6.07) is 19.2. The van der Waals surface area contributed by atoms with Gasteiger partial charge in [0, 0.05) is 45.0 Å². The lowest BCUT2D eigenvalue weighted by Gasteiger charge is -2.20. The van der Waals surface area contributed by atoms with Crippen molar-refractivity contribution in [3.63, 3.8) is 0 Å². The lowest BCUT2D eigenvalue weighted by Crippen LogP contribution is -2.45. The van der Waals surface area contributed by atoms with Crippen LogP contribution < -0.4 is 15.5 Å². The van der Waals surface area contributed by atoms with Gasteiger partial charge in [-0.25, -0.2) is 4.98 Å². The summed E-state index contributed by atoms with van der Waals surface area (Å²) in [7, 11) is 1.83. The maximum atomic E-state index is 4.44. The number of guanidine groups is 1. The van der Waals surface area contributed by atoms with Gasteiger partial charge in [0.25, 0.3) is 0 Å². The summed E-state index contributed by atoms with van der Waals surface area (Å²) in [6.07, 6.45) is 3.01. The van der Waals surface area contributed by atoms with E-state index in [9.17, 15) is 0 Å². The first-order valence-electron chi connectivity index (χ1n) is 9.50. The van der Waals surface area contributed by atoms with Gasteiger partial charge in [-0.2, -0.15) is 0 Å². The number of imidazole rings is 1. The first kappa shape index (κ1) is 20.4. The fraction of sp³-hybridized carbons (Fsp3) is 0.333. The maximum Gasteiger partial charge on any atom is 0.191 e. The fourth-order valence-corrected chi connectivity index (χ4v) is 3.62. The first-order valence-corrected chi connectivity index (χ1v) is 9.50. The highest BCUT2D eigenvalue weighted by atomic mass is 127. The second-order valence-electron chi connectivity index (χ2n) is 6.84. The van der Waals surface area contributed by atoms with E-state index < -0.39 is 0 Å². The number of hydrogen-bond donors (Lipinski definition) is 2. The molecule has 1 atom stereocenters. The van der Waals surface area contributed by atoms with Gasteiger partial charge in [-0.15, -0.1) is 24.0 Å². The molecule has 1 unspecified atom stereocenters. The topological polar surface area (TPSA) is 57.5 Å². The zero-order chi connectivity index (χ0) is 18.5. The van der Waals surface area contributed by atoms with Crippen LogP contribution in [0.15, 0.2) is 65.9 Å². The maximum absolute atomic E-state index is 4.44. The van der Waals surface area contributed by atoms with Gasteiger partial charge in [-0.05, 0) is 30.7 Å². The van der Waals surface area contributed by atoms with Crippen LogP contribution in [-0.4, -0.2) is 48.2 Å². The monoisotopic (exact) mass is 490 g/mol. The van der Waals surface area contributed by atoms with E-state index in [1.807, 2.05) is 31.6 Å². The second kappa shape index (κ2) is 9.77. The molecule has 2 aromatic carbocycles. The first-order chi connectivity index (χ1) is 13.3. The molecular weight excluding hydrogens is 463 g/mol. The van der Waals surface area contributed by atoms with E-state index in [0.29, 0.717) is 6.04 Å². The molecule has 0 bridgehead atoms. The summed E-state index contributed by atoms with van der Waals surface area (Å²) >= 11 is 0. The molecule has 148 valence electrons. The van der Waals surface area contributed by atoms with Crippen molar-refractivity contribution in [2.75, 3.05) is 31.6 Å². The van der Waals surface area contributed by atoms with Gasteiger partial charge in [-0.3, -0.25) is 4.99 Å². The largest absolute Gasteiger partial charge is 0.369 e. The van der Waals surface area contributed by atoms with Crippen molar-refractivity contribution in [2.45, 2.75) is 19.0 Å². The molecule has 1 aromatic heterocycles. The number of halogens is 1. The van der Waals surface area contributed by atoms with Crippen LogP contribution in [0.1, 0.15) is 6.42 Å². The molecule has 0 saturated carbocycles. The van der Waals surface area contributed by atoms with E-state index in [4.69, 9.17) is 0 Å². The molecule has 1 saturated heterocycles. The van der Waals surface area contributed by atoms with Gasteiger partial charge in [0.15, 0.2) is 5.96 Å². The van der Waals surface area contributed by atoms with Gasteiger partial charge in [0.1, 0.15) is 0 Å². The molecule has 1 aliphatic rings. The quantitative estimate of drug-likeness (QED) is 0.328. The lowest BCUT2D eigenvalue weighted by molar-refractivity contribution is 0.630. The van der Waals surface area contributed by atoms with Crippen molar-refractivity contribution >= 4 is 46.7 Å². The number of aliphatic imine (C=N–C) groups is 1. The predicted molar refractivity (Wildman–Crippen MR) is 127 cm³/mol. The Morgan fingerprint density at radius 3 is 2.75 bits per heavy atom. The zero-order valence-electron chi connectivity index (χ0n) is 16.1. The number of benzene rings is 2. The average molecular weight is 490 g/mol. The number of anilines is 1. The van der Waals surface area contributed by atoms with Gasteiger partial charge >= 0.3 is 0 Å². The molecule has 6 nitrogen and oxygen atoms in total. The van der Waals surface area contributed by atoms with E-state index in [1.54, 1.807) is 0 Å². The zero-order valence-corrected chi connectivity index (χ0v) is 18.4. The van der Waals surface area contributed by atoms with Crippen molar-refractivity contribution in [2.24, 2.45) is 4.99 Å². The molecule has 28 heavy (non-hydrogen) atoms. The van der Waals surface area contributed by atoms with Crippen molar-refractivity contribution < 1.29 is 0 Å². The third-order valence-electron chi connectivity index (χ3n) is 5.05. The number of aromatic nitrogens is 2. The lowest BCUT2D eigenvalue weighted by atomic mass is 10.3. The molecule has 3 aromatic rings. The van der Waals surface area contributed by atoms with Crippen LogP contribution in [-0.2, 0) is 6.54 Å². The summed E-state index contributed by atoms with van der Waals surface area (Å²) in [5.41, 5.74) is 3.49. The third-order valence-corrected chi connectivity index (χ3v) is 5.05. The number of fused-ring (bicyclic) bond motifs is 1. The molecular formula is C21H27IN6. The van der Waals surface area contributed by atoms with Crippen LogP contribution in [0, 0.1) is 0 Å². The number of nitrogens with one attached hydrogen (secondary N) is 2. The van der Waals surface area contributed by atoms with Crippen LogP contribution in [0.4, 0.5) is 5.69 Å². The minimum absolute atomic E-state index is 0. The predicted octanol–water partition coefficient (Wildman–Crippen LogP) is 3.10. The smallest absolute Gasteiger partial charge is 0.191 e. The van der Waals surface area contributed by atoms with E-state index in [-0.39, 0.29) is 24.0 Å². The molecule has 4 rings (SSSR count). The summed E-state index contributed by atoms with van der Waals surface area (Å²) in [6.45, 7) is 3.72. The molecule has 1 aliphatic heterocycles. The molecule has 2 N–H and O–H groups in total. The average Bonchev–Trinajstić information content (AvgIpc) is 3.35.